The van der Waals surface area contributed by atoms with E-state index in [-0.39, 0.29) is 19.6 Å². The van der Waals surface area contributed by atoms with Gasteiger partial charge in [0.1, 0.15) is 19.2 Å². The van der Waals surface area contributed by atoms with Crippen LogP contribution in [0.2, 0.25) is 0 Å². The van der Waals surface area contributed by atoms with E-state index in [1.54, 1.807) is 6.20 Å². The highest BCUT2D eigenvalue weighted by atomic mass is 16.5. The smallest absolute Gasteiger partial charge is 0.407 e. The molecule has 1 heterocycles. The second kappa shape index (κ2) is 10.7. The van der Waals surface area contributed by atoms with Crippen LogP contribution in [0.4, 0.5) is 4.79 Å². The zero-order valence-electron chi connectivity index (χ0n) is 16.9. The standard InChI is InChI=1S/C22H22N4O5/c1-30-21(28)19(11-16-12-23-17-9-5-6-10-18(17)25-16)26-20(27)13-24-22(29)31-14-15-7-3-2-4-8-15/h2-10,12,19H,11,13-14H2,1H3,(H,24,29)(H,26,27)/t19-/m0/s1. The van der Waals surface area contributed by atoms with Crippen LogP contribution in [0.1, 0.15) is 11.3 Å². The van der Waals surface area contributed by atoms with Crippen molar-refractivity contribution >= 4 is 29.0 Å². The molecule has 0 saturated heterocycles. The number of nitrogens with zero attached hydrogens (tertiary/aromatic N) is 2. The monoisotopic (exact) mass is 422 g/mol. The molecule has 160 valence electrons. The lowest BCUT2D eigenvalue weighted by atomic mass is 10.1. The van der Waals surface area contributed by atoms with Gasteiger partial charge in [0.15, 0.2) is 0 Å². The summed E-state index contributed by atoms with van der Waals surface area (Å²) in [4.78, 5) is 44.9. The van der Waals surface area contributed by atoms with Crippen LogP contribution >= 0.6 is 0 Å². The topological polar surface area (TPSA) is 120 Å². The molecule has 0 aliphatic rings. The molecule has 9 nitrogen and oxygen atoms in total. The second-order valence-electron chi connectivity index (χ2n) is 6.61. The highest BCUT2D eigenvalue weighted by Gasteiger charge is 2.23. The Morgan fingerprint density at radius 2 is 1.71 bits per heavy atom. The number of nitrogens with one attached hydrogen (secondary N) is 2. The largest absolute Gasteiger partial charge is 0.467 e. The number of amides is 2. The molecule has 0 aliphatic carbocycles. The fraction of sp³-hybridized carbons (Fsp3) is 0.227. The molecule has 9 heteroatoms. The van der Waals surface area contributed by atoms with Crippen LogP contribution in [-0.4, -0.2) is 47.6 Å². The van der Waals surface area contributed by atoms with Crippen LogP contribution < -0.4 is 10.6 Å². The van der Waals surface area contributed by atoms with Gasteiger partial charge in [-0.05, 0) is 17.7 Å². The SMILES string of the molecule is COC(=O)[C@H](Cc1cnc2ccccc2n1)NC(=O)CNC(=O)OCc1ccccc1. The summed E-state index contributed by atoms with van der Waals surface area (Å²) in [5.74, 6) is -1.20. The Labute approximate surface area is 178 Å². The highest BCUT2D eigenvalue weighted by Crippen LogP contribution is 2.10. The minimum absolute atomic E-state index is 0.0830. The summed E-state index contributed by atoms with van der Waals surface area (Å²) in [6.07, 6.45) is 0.896. The lowest BCUT2D eigenvalue weighted by Crippen LogP contribution is -2.47. The summed E-state index contributed by atoms with van der Waals surface area (Å²) in [6.45, 7) is -0.274. The van der Waals surface area contributed by atoms with Crippen LogP contribution in [0, 0.1) is 0 Å². The number of rotatable bonds is 8. The Morgan fingerprint density at radius 1 is 1.00 bits per heavy atom. The maximum Gasteiger partial charge on any atom is 0.407 e. The number of aromatic nitrogens is 2. The molecule has 2 amide bonds. The predicted octanol–water partition coefficient (Wildman–Crippen LogP) is 1.76. The molecule has 2 N–H and O–H groups in total. The van der Waals surface area contributed by atoms with Crippen molar-refractivity contribution < 1.29 is 23.9 Å². The van der Waals surface area contributed by atoms with E-state index in [0.717, 1.165) is 11.1 Å². The number of methoxy groups -OCH3 is 1. The van der Waals surface area contributed by atoms with E-state index < -0.39 is 24.0 Å². The van der Waals surface area contributed by atoms with Crippen molar-refractivity contribution in [1.82, 2.24) is 20.6 Å². The molecule has 0 radical (unpaired) electrons. The Kier molecular flexibility index (Phi) is 7.47. The first kappa shape index (κ1) is 21.7. The predicted molar refractivity (Wildman–Crippen MR) is 112 cm³/mol. The summed E-state index contributed by atoms with van der Waals surface area (Å²) in [5.41, 5.74) is 2.75. The third kappa shape index (κ3) is 6.49. The summed E-state index contributed by atoms with van der Waals surface area (Å²) >= 11 is 0. The van der Waals surface area contributed by atoms with E-state index in [2.05, 4.69) is 20.6 Å². The number of esters is 1. The molecule has 0 spiro atoms. The number of fused-ring (bicyclic) bond motifs is 1. The van der Waals surface area contributed by atoms with E-state index in [1.165, 1.54) is 7.11 Å². The third-order valence-electron chi connectivity index (χ3n) is 4.34. The first-order valence-electron chi connectivity index (χ1n) is 9.57. The highest BCUT2D eigenvalue weighted by molar-refractivity contribution is 5.87. The number of carbonyl (C=O) groups excluding carboxylic acids is 3. The molecule has 31 heavy (non-hydrogen) atoms. The van der Waals surface area contributed by atoms with Gasteiger partial charge >= 0.3 is 12.1 Å². The molecule has 0 saturated carbocycles. The summed E-state index contributed by atoms with van der Waals surface area (Å²) in [7, 11) is 1.23. The van der Waals surface area contributed by atoms with Crippen molar-refractivity contribution in [2.24, 2.45) is 0 Å². The third-order valence-corrected chi connectivity index (χ3v) is 4.34. The quantitative estimate of drug-likeness (QED) is 0.531. The summed E-state index contributed by atoms with van der Waals surface area (Å²) in [6, 6.07) is 15.5. The zero-order valence-corrected chi connectivity index (χ0v) is 16.9. The number of benzene rings is 2. The van der Waals surface area contributed by atoms with Gasteiger partial charge in [0.25, 0.3) is 0 Å². The Balaban J connectivity index is 1.52. The summed E-state index contributed by atoms with van der Waals surface area (Å²) < 4.78 is 9.82. The maximum absolute atomic E-state index is 12.2. The Hall–Kier alpha value is -4.01. The van der Waals surface area contributed by atoms with E-state index in [4.69, 9.17) is 9.47 Å². The van der Waals surface area contributed by atoms with Crippen molar-refractivity contribution in [1.29, 1.82) is 0 Å². The van der Waals surface area contributed by atoms with Gasteiger partial charge in [-0.3, -0.25) is 9.78 Å². The number of hydrogen-bond acceptors (Lipinski definition) is 7. The van der Waals surface area contributed by atoms with Gasteiger partial charge in [0.2, 0.25) is 5.91 Å². The van der Waals surface area contributed by atoms with E-state index in [0.29, 0.717) is 11.2 Å². The number of para-hydroxylation sites is 2. The van der Waals surface area contributed by atoms with Gasteiger partial charge in [0.05, 0.1) is 23.8 Å². The van der Waals surface area contributed by atoms with Gasteiger partial charge in [-0.25, -0.2) is 14.6 Å². The van der Waals surface area contributed by atoms with Gasteiger partial charge in [-0.1, -0.05) is 42.5 Å². The molecular formula is C22H22N4O5. The van der Waals surface area contributed by atoms with E-state index in [9.17, 15) is 14.4 Å². The fourth-order valence-corrected chi connectivity index (χ4v) is 2.81. The maximum atomic E-state index is 12.2. The minimum atomic E-state index is -0.977. The Morgan fingerprint density at radius 3 is 2.45 bits per heavy atom. The number of carbonyl (C=O) groups is 3. The van der Waals surface area contributed by atoms with Crippen molar-refractivity contribution in [2.45, 2.75) is 19.1 Å². The molecule has 0 fully saturated rings. The first-order valence-corrected chi connectivity index (χ1v) is 9.57. The number of hydrogen-bond donors (Lipinski definition) is 2. The van der Waals surface area contributed by atoms with E-state index >= 15 is 0 Å². The first-order chi connectivity index (χ1) is 15.0. The fourth-order valence-electron chi connectivity index (χ4n) is 2.81. The molecule has 3 aromatic rings. The molecule has 0 unspecified atom stereocenters. The van der Waals surface area contributed by atoms with Crippen LogP contribution in [0.3, 0.4) is 0 Å². The van der Waals surface area contributed by atoms with Crippen LogP contribution in [0.5, 0.6) is 0 Å². The van der Waals surface area contributed by atoms with Gasteiger partial charge in [-0.2, -0.15) is 0 Å². The Bertz CT molecular complexity index is 1060. The van der Waals surface area contributed by atoms with Crippen molar-refractivity contribution in [3.05, 3.63) is 72.1 Å². The van der Waals surface area contributed by atoms with Gasteiger partial charge in [0, 0.05) is 12.6 Å². The van der Waals surface area contributed by atoms with E-state index in [1.807, 2.05) is 54.6 Å². The second-order valence-corrected chi connectivity index (χ2v) is 6.61. The minimum Gasteiger partial charge on any atom is -0.467 e. The van der Waals surface area contributed by atoms with Crippen molar-refractivity contribution in [3.63, 3.8) is 0 Å². The van der Waals surface area contributed by atoms with Crippen LogP contribution in [0.25, 0.3) is 11.0 Å². The van der Waals surface area contributed by atoms with Crippen molar-refractivity contribution in [2.75, 3.05) is 13.7 Å². The number of alkyl carbamates (subject to hydrolysis) is 1. The molecular weight excluding hydrogens is 400 g/mol. The average Bonchev–Trinajstić information content (AvgIpc) is 2.81. The molecule has 1 aromatic heterocycles. The zero-order chi connectivity index (χ0) is 22.1. The van der Waals surface area contributed by atoms with Crippen LogP contribution in [-0.2, 0) is 32.1 Å². The number of ether oxygens (including phenoxy) is 2. The summed E-state index contributed by atoms with van der Waals surface area (Å²) in [5, 5.41) is 4.89. The van der Waals surface area contributed by atoms with Gasteiger partial charge in [-0.15, -0.1) is 0 Å². The van der Waals surface area contributed by atoms with Crippen LogP contribution in [0.15, 0.2) is 60.8 Å². The average molecular weight is 422 g/mol. The normalized spacial score (nSPS) is 11.4. The molecule has 0 aliphatic heterocycles. The van der Waals surface area contributed by atoms with Crippen molar-refractivity contribution in [3.8, 4) is 0 Å². The molecule has 2 aromatic carbocycles. The molecule has 3 rings (SSSR count). The molecule has 1 atom stereocenters. The van der Waals surface area contributed by atoms with Gasteiger partial charge < -0.3 is 20.1 Å². The lowest BCUT2D eigenvalue weighted by Gasteiger charge is -2.16. The lowest BCUT2D eigenvalue weighted by molar-refractivity contribution is -0.144. The molecule has 0 bridgehead atoms.